The number of fused-ring (bicyclic) bond motifs is 18. The van der Waals surface area contributed by atoms with Crippen molar-refractivity contribution in [3.05, 3.63) is 234 Å². The van der Waals surface area contributed by atoms with Crippen molar-refractivity contribution in [3.63, 3.8) is 0 Å². The maximum Gasteiger partial charge on any atom is 0.235 e. The van der Waals surface area contributed by atoms with Gasteiger partial charge in [0, 0.05) is 84.2 Å². The Balaban J connectivity index is 0.00000459. The van der Waals surface area contributed by atoms with E-state index in [0.29, 0.717) is 5.95 Å². The van der Waals surface area contributed by atoms with Crippen LogP contribution in [0.1, 0.15) is 55.0 Å². The summed E-state index contributed by atoms with van der Waals surface area (Å²) in [6, 6.07) is 76.2. The molecule has 5 heteroatoms. The average Bonchev–Trinajstić information content (AvgIpc) is 4.13. The zero-order valence-corrected chi connectivity index (χ0v) is 39.5. The second-order valence-electron chi connectivity index (χ2n) is 19.2. The van der Waals surface area contributed by atoms with Crippen LogP contribution < -0.4 is 0 Å². The molecule has 332 valence electrons. The minimum absolute atomic E-state index is 0. The number of aromatic nitrogens is 3. The van der Waals surface area contributed by atoms with Gasteiger partial charge in [0.1, 0.15) is 0 Å². The molecule has 1 aliphatic rings. The smallest absolute Gasteiger partial charge is 0.235 e. The van der Waals surface area contributed by atoms with Crippen molar-refractivity contribution < 1.29 is 0 Å². The minimum Gasteiger partial charge on any atom is -0.277 e. The first kappa shape index (κ1) is 41.1. The van der Waals surface area contributed by atoms with Crippen LogP contribution in [0.4, 0.5) is 0 Å². The van der Waals surface area contributed by atoms with Gasteiger partial charge in [-0.3, -0.25) is 4.57 Å². The Morgan fingerprint density at radius 3 is 1.86 bits per heavy atom. The third-order valence-corrected chi connectivity index (χ3v) is 17.4. The molecule has 0 saturated heterocycles. The van der Waals surface area contributed by atoms with Gasteiger partial charge in [0.05, 0.1) is 22.2 Å². The number of rotatable bonds is 5. The number of benzene rings is 10. The van der Waals surface area contributed by atoms with E-state index in [1.807, 2.05) is 22.7 Å². The van der Waals surface area contributed by atoms with Crippen LogP contribution in [0.15, 0.2) is 206 Å². The molecule has 0 radical (unpaired) electrons. The van der Waals surface area contributed by atoms with Crippen molar-refractivity contribution in [2.45, 2.75) is 32.6 Å². The molecule has 4 heterocycles. The molecule has 0 fully saturated rings. The molecule has 0 spiro atoms. The molecule has 3 nitrogen and oxygen atoms in total. The highest BCUT2D eigenvalue weighted by Crippen LogP contribution is 2.53. The lowest BCUT2D eigenvalue weighted by Crippen LogP contribution is -2.15. The number of hydrogen-bond donors (Lipinski definition) is 0. The van der Waals surface area contributed by atoms with E-state index in [0.717, 1.165) is 33.2 Å². The molecular formula is C65H45N3S2. The van der Waals surface area contributed by atoms with Gasteiger partial charge in [0.2, 0.25) is 5.95 Å². The molecule has 1 aliphatic carbocycles. The Morgan fingerprint density at radius 1 is 0.443 bits per heavy atom. The van der Waals surface area contributed by atoms with Crippen LogP contribution in [0.25, 0.3) is 112 Å². The summed E-state index contributed by atoms with van der Waals surface area (Å²) < 4.78 is 7.58. The van der Waals surface area contributed by atoms with Gasteiger partial charge in [-0.2, -0.15) is 0 Å². The SMILES string of the molecule is C.CC1(C)c2ccccc2-c2ccc(-c3nc(-n4c5ccc(C(c6ccccc6)c6ccccc6)cc5c5c6sc7ccccc7c6c6c(ccc7sc8ccccc8c76)c54)nc4ccccc34)cc21. The number of nitrogens with zero attached hydrogens (tertiary/aromatic N) is 3. The van der Waals surface area contributed by atoms with E-state index < -0.39 is 0 Å². The molecule has 4 aromatic heterocycles. The Bertz CT molecular complexity index is 4420. The second-order valence-corrected chi connectivity index (χ2v) is 21.3. The van der Waals surface area contributed by atoms with E-state index in [-0.39, 0.29) is 18.8 Å². The first-order chi connectivity index (χ1) is 34.0. The predicted molar refractivity (Wildman–Crippen MR) is 301 cm³/mol. The van der Waals surface area contributed by atoms with E-state index in [1.165, 1.54) is 101 Å². The predicted octanol–water partition coefficient (Wildman–Crippen LogP) is 18.4. The molecule has 0 amide bonds. The van der Waals surface area contributed by atoms with Crippen molar-refractivity contribution in [2.24, 2.45) is 0 Å². The van der Waals surface area contributed by atoms with E-state index in [9.17, 15) is 0 Å². The average molecular weight is 932 g/mol. The Kier molecular flexibility index (Phi) is 8.95. The topological polar surface area (TPSA) is 30.7 Å². The maximum absolute atomic E-state index is 5.78. The van der Waals surface area contributed by atoms with Gasteiger partial charge in [-0.25, -0.2) is 9.97 Å². The van der Waals surface area contributed by atoms with Crippen LogP contribution in [-0.4, -0.2) is 14.5 Å². The standard InChI is InChI=1S/C64H41N3S2.CH4/c1-64(2)48-25-13-9-21-41(48)42-31-29-40(36-49(42)64)60-43-22-10-14-26-50(43)65-63(66-60)67-51-33-30-39(55(37-17-5-3-6-18-37)38-19-7-4-8-20-38)35-47(51)59-61(67)46-32-34-54-56(44-23-11-15-27-52(44)68-54)57(46)58-45-24-12-16-28-53(45)69-62(58)59;/h3-36,55H,1-2H3;1H4. The van der Waals surface area contributed by atoms with Crippen LogP contribution in [-0.2, 0) is 5.41 Å². The fourth-order valence-electron chi connectivity index (χ4n) is 12.0. The largest absolute Gasteiger partial charge is 0.277 e. The van der Waals surface area contributed by atoms with Crippen molar-refractivity contribution in [1.29, 1.82) is 0 Å². The van der Waals surface area contributed by atoms with E-state index in [4.69, 9.17) is 9.97 Å². The normalized spacial score (nSPS) is 13.1. The summed E-state index contributed by atoms with van der Waals surface area (Å²) in [6.45, 7) is 4.70. The lowest BCUT2D eigenvalue weighted by atomic mass is 9.82. The summed E-state index contributed by atoms with van der Waals surface area (Å²) in [7, 11) is 0. The first-order valence-electron chi connectivity index (χ1n) is 23.8. The minimum atomic E-state index is -0.152. The molecule has 0 N–H and O–H groups in total. The zero-order valence-electron chi connectivity index (χ0n) is 37.9. The van der Waals surface area contributed by atoms with Gasteiger partial charge in [-0.1, -0.05) is 185 Å². The number of thiophene rings is 2. The van der Waals surface area contributed by atoms with Crippen LogP contribution in [0.3, 0.4) is 0 Å². The van der Waals surface area contributed by atoms with Gasteiger partial charge in [-0.05, 0) is 81.4 Å². The monoisotopic (exact) mass is 931 g/mol. The lowest BCUT2D eigenvalue weighted by Gasteiger charge is -2.22. The molecule has 15 rings (SSSR count). The van der Waals surface area contributed by atoms with Crippen molar-refractivity contribution in [3.8, 4) is 28.3 Å². The third-order valence-electron chi connectivity index (χ3n) is 15.1. The van der Waals surface area contributed by atoms with Crippen LogP contribution in [0.2, 0.25) is 0 Å². The first-order valence-corrected chi connectivity index (χ1v) is 25.4. The fourth-order valence-corrected chi connectivity index (χ4v) is 14.4. The highest BCUT2D eigenvalue weighted by atomic mass is 32.1. The Morgan fingerprint density at radius 2 is 1.09 bits per heavy atom. The van der Waals surface area contributed by atoms with Crippen molar-refractivity contribution >= 4 is 106 Å². The number of para-hydroxylation sites is 1. The summed E-state index contributed by atoms with van der Waals surface area (Å²) in [4.78, 5) is 11.4. The van der Waals surface area contributed by atoms with E-state index in [1.54, 1.807) is 0 Å². The van der Waals surface area contributed by atoms with E-state index in [2.05, 4.69) is 225 Å². The van der Waals surface area contributed by atoms with Gasteiger partial charge >= 0.3 is 0 Å². The van der Waals surface area contributed by atoms with Gasteiger partial charge in [0.15, 0.2) is 0 Å². The maximum atomic E-state index is 5.78. The molecule has 70 heavy (non-hydrogen) atoms. The fraction of sp³-hybridized carbons (Fsp3) is 0.0769. The molecule has 0 unspecified atom stereocenters. The van der Waals surface area contributed by atoms with Crippen LogP contribution in [0.5, 0.6) is 0 Å². The number of hydrogen-bond acceptors (Lipinski definition) is 4. The molecule has 14 aromatic rings. The van der Waals surface area contributed by atoms with Crippen molar-refractivity contribution in [1.82, 2.24) is 14.5 Å². The van der Waals surface area contributed by atoms with Gasteiger partial charge < -0.3 is 0 Å². The highest BCUT2D eigenvalue weighted by Gasteiger charge is 2.36. The molecule has 0 bridgehead atoms. The van der Waals surface area contributed by atoms with Gasteiger partial charge in [-0.15, -0.1) is 22.7 Å². The molecule has 0 aliphatic heterocycles. The summed E-state index contributed by atoms with van der Waals surface area (Å²) in [5.41, 5.74) is 14.1. The third kappa shape index (κ3) is 5.73. The Labute approximate surface area is 413 Å². The highest BCUT2D eigenvalue weighted by molar-refractivity contribution is 7.27. The zero-order chi connectivity index (χ0) is 45.5. The van der Waals surface area contributed by atoms with Gasteiger partial charge in [0.25, 0.3) is 0 Å². The quantitative estimate of drug-likeness (QED) is 0.161. The molecule has 10 aromatic carbocycles. The van der Waals surface area contributed by atoms with Crippen LogP contribution in [0, 0.1) is 0 Å². The van der Waals surface area contributed by atoms with E-state index >= 15 is 0 Å². The second kappa shape index (κ2) is 15.3. The molecular weight excluding hydrogens is 887 g/mol. The van der Waals surface area contributed by atoms with Crippen LogP contribution >= 0.6 is 22.7 Å². The molecule has 0 atom stereocenters. The summed E-state index contributed by atoms with van der Waals surface area (Å²) in [5, 5.41) is 11.2. The lowest BCUT2D eigenvalue weighted by molar-refractivity contribution is 0.660. The van der Waals surface area contributed by atoms with Crippen molar-refractivity contribution in [2.75, 3.05) is 0 Å². The summed E-state index contributed by atoms with van der Waals surface area (Å²) in [5.74, 6) is 0.697. The summed E-state index contributed by atoms with van der Waals surface area (Å²) >= 11 is 3.79. The Hall–Kier alpha value is -7.96. The molecule has 0 saturated carbocycles. The summed E-state index contributed by atoms with van der Waals surface area (Å²) in [6.07, 6.45) is 0.